The number of anilines is 2. The van der Waals surface area contributed by atoms with Crippen molar-refractivity contribution in [1.29, 1.82) is 0 Å². The molecule has 0 saturated heterocycles. The molecule has 1 aromatic heterocycles. The van der Waals surface area contributed by atoms with Crippen LogP contribution in [0.4, 0.5) is 11.6 Å². The smallest absolute Gasteiger partial charge is 0.135 e. The number of nitrogens with one attached hydrogen (secondary N) is 1. The van der Waals surface area contributed by atoms with E-state index in [1.807, 2.05) is 24.3 Å². The van der Waals surface area contributed by atoms with Gasteiger partial charge in [0.25, 0.3) is 0 Å². The van der Waals surface area contributed by atoms with Crippen molar-refractivity contribution in [2.75, 3.05) is 11.1 Å². The van der Waals surface area contributed by atoms with E-state index in [1.165, 1.54) is 6.33 Å². The molecule has 1 fully saturated rings. The first kappa shape index (κ1) is 19.5. The fourth-order valence-electron chi connectivity index (χ4n) is 3.88. The molecular weight excluding hydrogens is 362 g/mol. The molecule has 4 rings (SSSR count). The van der Waals surface area contributed by atoms with Crippen molar-refractivity contribution in [2.24, 2.45) is 5.73 Å². The number of rotatable bonds is 6. The van der Waals surface area contributed by atoms with Crippen molar-refractivity contribution < 1.29 is 4.74 Å². The van der Waals surface area contributed by atoms with E-state index in [0.717, 1.165) is 67.0 Å². The minimum absolute atomic E-state index is 0.323. The second kappa shape index (κ2) is 9.09. The monoisotopic (exact) mass is 391 g/mol. The summed E-state index contributed by atoms with van der Waals surface area (Å²) in [6.45, 7) is 0. The zero-order valence-electron chi connectivity index (χ0n) is 16.7. The predicted octanol–water partition coefficient (Wildman–Crippen LogP) is 3.94. The summed E-state index contributed by atoms with van der Waals surface area (Å²) in [4.78, 5) is 8.68. The number of benzene rings is 1. The van der Waals surface area contributed by atoms with Gasteiger partial charge in [-0.05, 0) is 55.9 Å². The number of nitrogens with two attached hydrogens (primary N) is 2. The molecule has 0 radical (unpaired) electrons. The van der Waals surface area contributed by atoms with Gasteiger partial charge in [0.15, 0.2) is 0 Å². The molecule has 0 amide bonds. The Morgan fingerprint density at radius 1 is 1.07 bits per heavy atom. The molecule has 0 bridgehead atoms. The van der Waals surface area contributed by atoms with Crippen molar-refractivity contribution in [3.63, 3.8) is 0 Å². The van der Waals surface area contributed by atoms with Gasteiger partial charge in [-0.25, -0.2) is 9.97 Å². The quantitative estimate of drug-likeness (QED) is 0.690. The highest BCUT2D eigenvalue weighted by molar-refractivity contribution is 5.57. The van der Waals surface area contributed by atoms with Crippen LogP contribution in [0.2, 0.25) is 0 Å². The van der Waals surface area contributed by atoms with Gasteiger partial charge >= 0.3 is 0 Å². The summed E-state index contributed by atoms with van der Waals surface area (Å²) in [5, 5.41) is 3.57. The van der Waals surface area contributed by atoms with Crippen LogP contribution in [-0.4, -0.2) is 22.1 Å². The van der Waals surface area contributed by atoms with Crippen LogP contribution in [0.25, 0.3) is 0 Å². The maximum atomic E-state index is 6.20. The Morgan fingerprint density at radius 2 is 1.86 bits per heavy atom. The van der Waals surface area contributed by atoms with Gasteiger partial charge in [-0.2, -0.15) is 0 Å². The number of nitrogens with zero attached hydrogens (tertiary/aromatic N) is 2. The van der Waals surface area contributed by atoms with Crippen LogP contribution in [0.5, 0.6) is 5.75 Å². The number of aromatic nitrogens is 2. The van der Waals surface area contributed by atoms with Crippen molar-refractivity contribution in [1.82, 2.24) is 9.97 Å². The third-order valence-electron chi connectivity index (χ3n) is 5.62. The van der Waals surface area contributed by atoms with Crippen LogP contribution in [0.1, 0.15) is 49.7 Å². The maximum Gasteiger partial charge on any atom is 0.135 e. The van der Waals surface area contributed by atoms with Gasteiger partial charge in [0.05, 0.1) is 0 Å². The van der Waals surface area contributed by atoms with Crippen LogP contribution >= 0.6 is 0 Å². The van der Waals surface area contributed by atoms with E-state index in [0.29, 0.717) is 24.3 Å². The Kier molecular flexibility index (Phi) is 6.10. The molecule has 6 heteroatoms. The average molecular weight is 392 g/mol. The fraction of sp³-hybridized carbons (Fsp3) is 0.391. The summed E-state index contributed by atoms with van der Waals surface area (Å²) in [7, 11) is 0. The van der Waals surface area contributed by atoms with Gasteiger partial charge in [-0.1, -0.05) is 24.3 Å². The summed E-state index contributed by atoms with van der Waals surface area (Å²) in [6, 6.07) is 8.86. The summed E-state index contributed by atoms with van der Waals surface area (Å²) >= 11 is 0. The summed E-state index contributed by atoms with van der Waals surface area (Å²) in [5.41, 5.74) is 14.3. The van der Waals surface area contributed by atoms with Crippen molar-refractivity contribution in [3.05, 3.63) is 65.7 Å². The molecule has 1 saturated carbocycles. The van der Waals surface area contributed by atoms with E-state index >= 15 is 0 Å². The lowest BCUT2D eigenvalue weighted by Crippen LogP contribution is -2.33. The topological polar surface area (TPSA) is 99.1 Å². The van der Waals surface area contributed by atoms with E-state index in [-0.39, 0.29) is 0 Å². The Labute approximate surface area is 172 Å². The van der Waals surface area contributed by atoms with Gasteiger partial charge in [0, 0.05) is 30.5 Å². The Hall–Kier alpha value is -2.86. The molecule has 5 N–H and O–H groups in total. The van der Waals surface area contributed by atoms with Gasteiger partial charge in [-0.15, -0.1) is 0 Å². The molecule has 0 atom stereocenters. The minimum atomic E-state index is 0.323. The molecule has 2 aliphatic carbocycles. The van der Waals surface area contributed by atoms with Gasteiger partial charge in [0.2, 0.25) is 0 Å². The van der Waals surface area contributed by atoms with E-state index in [9.17, 15) is 0 Å². The molecule has 152 valence electrons. The van der Waals surface area contributed by atoms with Crippen molar-refractivity contribution in [3.8, 4) is 5.75 Å². The first-order chi connectivity index (χ1) is 14.2. The van der Waals surface area contributed by atoms with Gasteiger partial charge < -0.3 is 21.5 Å². The molecule has 0 spiro atoms. The third kappa shape index (κ3) is 5.15. The summed E-state index contributed by atoms with van der Waals surface area (Å²) < 4.78 is 5.96. The van der Waals surface area contributed by atoms with Gasteiger partial charge in [0.1, 0.15) is 29.5 Å². The number of hydrogen-bond acceptors (Lipinski definition) is 6. The van der Waals surface area contributed by atoms with Gasteiger partial charge in [-0.3, -0.25) is 0 Å². The Bertz CT molecular complexity index is 883. The lowest BCUT2D eigenvalue weighted by Gasteiger charge is -2.28. The molecule has 0 aliphatic heterocycles. The first-order valence-electron chi connectivity index (χ1n) is 10.4. The van der Waals surface area contributed by atoms with Crippen molar-refractivity contribution >= 4 is 11.6 Å². The predicted molar refractivity (Wildman–Crippen MR) is 117 cm³/mol. The van der Waals surface area contributed by atoms with Crippen LogP contribution in [0.3, 0.4) is 0 Å². The van der Waals surface area contributed by atoms with Crippen LogP contribution < -0.4 is 21.5 Å². The second-order valence-corrected chi connectivity index (χ2v) is 7.86. The fourth-order valence-corrected chi connectivity index (χ4v) is 3.88. The Morgan fingerprint density at radius 3 is 2.59 bits per heavy atom. The molecule has 2 aromatic rings. The largest absolute Gasteiger partial charge is 0.462 e. The highest BCUT2D eigenvalue weighted by Crippen LogP contribution is 2.27. The molecule has 29 heavy (non-hydrogen) atoms. The normalized spacial score (nSPS) is 21.5. The summed E-state index contributed by atoms with van der Waals surface area (Å²) in [6.07, 6.45) is 14.6. The van der Waals surface area contributed by atoms with E-state index in [1.54, 1.807) is 0 Å². The zero-order chi connectivity index (χ0) is 20.1. The van der Waals surface area contributed by atoms with Crippen LogP contribution in [0, 0.1) is 0 Å². The molecule has 1 aromatic carbocycles. The number of allylic oxidation sites excluding steroid dienone is 4. The van der Waals surface area contributed by atoms with E-state index < -0.39 is 0 Å². The lowest BCUT2D eigenvalue weighted by atomic mass is 9.91. The van der Waals surface area contributed by atoms with Crippen molar-refractivity contribution in [2.45, 2.75) is 57.0 Å². The lowest BCUT2D eigenvalue weighted by molar-refractivity contribution is 0.402. The second-order valence-electron chi connectivity index (χ2n) is 7.86. The van der Waals surface area contributed by atoms with Crippen LogP contribution in [-0.2, 0) is 6.42 Å². The standard InChI is InChI=1S/C23H29N5O/c24-17-8-10-18(11-9-17)28-23-21(22(25)26-15-27-23)14-16-6-12-20(13-7-16)29-19-4-2-1-3-5-19/h1-2,4,6-7,12-13,15,17-18H,3,5,8-11,14,24H2,(H3,25,26,27,28). The molecule has 2 aliphatic rings. The molecule has 0 unspecified atom stereocenters. The summed E-state index contributed by atoms with van der Waals surface area (Å²) in [5.74, 6) is 3.20. The van der Waals surface area contributed by atoms with Crippen LogP contribution in [0.15, 0.2) is 54.6 Å². The minimum Gasteiger partial charge on any atom is -0.462 e. The molecule has 6 nitrogen and oxygen atoms in total. The van der Waals surface area contributed by atoms with E-state index in [4.69, 9.17) is 16.2 Å². The highest BCUT2D eigenvalue weighted by atomic mass is 16.5. The molecular formula is C23H29N5O. The zero-order valence-corrected chi connectivity index (χ0v) is 16.7. The average Bonchev–Trinajstić information content (AvgIpc) is 2.74. The first-order valence-corrected chi connectivity index (χ1v) is 10.4. The molecule has 1 heterocycles. The SMILES string of the molecule is Nc1ncnc(NC2CCC(N)CC2)c1Cc1ccc(OC2=CC=CCC2)cc1. The number of nitrogen functional groups attached to an aromatic ring is 1. The van der Waals surface area contributed by atoms with E-state index in [2.05, 4.69) is 33.5 Å². The highest BCUT2D eigenvalue weighted by Gasteiger charge is 2.20. The Balaban J connectivity index is 1.44. The number of ether oxygens (including phenoxy) is 1. The maximum absolute atomic E-state index is 6.20. The third-order valence-corrected chi connectivity index (χ3v) is 5.62. The number of hydrogen-bond donors (Lipinski definition) is 3.